The van der Waals surface area contributed by atoms with Gasteiger partial charge < -0.3 is 27.9 Å². The normalized spacial score (nSPS) is 11.4. The van der Waals surface area contributed by atoms with Crippen molar-refractivity contribution in [2.75, 3.05) is 13.1 Å². The highest BCUT2D eigenvalue weighted by Gasteiger charge is 1.99. The summed E-state index contributed by atoms with van der Waals surface area (Å²) >= 11 is 0. The molecule has 0 atom stereocenters. The van der Waals surface area contributed by atoms with Crippen LogP contribution in [0.25, 0.3) is 0 Å². The second-order valence-electron chi connectivity index (χ2n) is 8.50. The lowest BCUT2D eigenvalue weighted by Crippen LogP contribution is -3.00. The Morgan fingerprint density at radius 3 is 1.38 bits per heavy atom. The largest absolute Gasteiger partial charge is 1.00 e. The standard InChI is InChI=1S/C25H51NO2.ClH/c1-2-3-4-5-6-7-8-9-10-11-12-13-14-15-16-17-18-19-20-21-22-23-26-24-25(27)28;/h9-10,25-28H,2-8,11-24H2,1H3;1H/b10-9-;. The fourth-order valence-electron chi connectivity index (χ4n) is 3.69. The summed E-state index contributed by atoms with van der Waals surface area (Å²) in [5.41, 5.74) is 0. The molecule has 0 aromatic rings. The number of hydrogen-bond donors (Lipinski definition) is 3. The molecule has 0 aromatic heterocycles. The van der Waals surface area contributed by atoms with Crippen LogP contribution in [0, 0.1) is 0 Å². The van der Waals surface area contributed by atoms with E-state index in [4.69, 9.17) is 10.2 Å². The molecule has 29 heavy (non-hydrogen) atoms. The first-order chi connectivity index (χ1) is 13.8. The van der Waals surface area contributed by atoms with Crippen molar-refractivity contribution in [3.8, 4) is 0 Å². The second-order valence-corrected chi connectivity index (χ2v) is 8.50. The minimum atomic E-state index is -1.16. The fourth-order valence-corrected chi connectivity index (χ4v) is 3.69. The van der Waals surface area contributed by atoms with Crippen molar-refractivity contribution in [1.82, 2.24) is 0 Å². The summed E-state index contributed by atoms with van der Waals surface area (Å²) in [6.45, 7) is 3.71. The Labute approximate surface area is 188 Å². The number of nitrogens with two attached hydrogens (primary N) is 1. The summed E-state index contributed by atoms with van der Waals surface area (Å²) in [7, 11) is 0. The minimum absolute atomic E-state index is 0. The lowest BCUT2D eigenvalue weighted by molar-refractivity contribution is -0.667. The number of hydrogen-bond acceptors (Lipinski definition) is 2. The number of aliphatic hydroxyl groups excluding tert-OH is 1. The molecule has 4 N–H and O–H groups in total. The molecular formula is C25H52ClNO2. The molecule has 0 aromatic carbocycles. The molecule has 0 radical (unpaired) electrons. The van der Waals surface area contributed by atoms with E-state index in [-0.39, 0.29) is 12.4 Å². The molecule has 0 spiro atoms. The van der Waals surface area contributed by atoms with Crippen LogP contribution >= 0.6 is 0 Å². The van der Waals surface area contributed by atoms with Crippen molar-refractivity contribution in [2.45, 2.75) is 135 Å². The monoisotopic (exact) mass is 433 g/mol. The fraction of sp³-hybridized carbons (Fsp3) is 0.920. The summed E-state index contributed by atoms with van der Waals surface area (Å²) in [5.74, 6) is 0. The number of aliphatic hydroxyl groups is 2. The quantitative estimate of drug-likeness (QED) is 0.132. The molecule has 0 amide bonds. The number of rotatable bonds is 23. The van der Waals surface area contributed by atoms with Crippen LogP contribution in [0.2, 0.25) is 0 Å². The van der Waals surface area contributed by atoms with Gasteiger partial charge in [0.15, 0.2) is 0 Å². The summed E-state index contributed by atoms with van der Waals surface area (Å²) in [5, 5.41) is 19.5. The van der Waals surface area contributed by atoms with Gasteiger partial charge in [0.1, 0.15) is 6.54 Å². The number of unbranched alkanes of at least 4 members (excludes halogenated alkanes) is 17. The maximum Gasteiger partial charge on any atom is 0.202 e. The van der Waals surface area contributed by atoms with E-state index in [1.807, 2.05) is 5.32 Å². The van der Waals surface area contributed by atoms with Gasteiger partial charge in [-0.15, -0.1) is 0 Å². The van der Waals surface area contributed by atoms with Crippen LogP contribution in [-0.4, -0.2) is 29.6 Å². The van der Waals surface area contributed by atoms with E-state index in [1.165, 1.54) is 122 Å². The Hall–Kier alpha value is -0.0900. The van der Waals surface area contributed by atoms with Crippen LogP contribution in [0.3, 0.4) is 0 Å². The molecule has 0 rings (SSSR count). The molecule has 0 fully saturated rings. The molecule has 0 heterocycles. The highest BCUT2D eigenvalue weighted by molar-refractivity contribution is 4.81. The van der Waals surface area contributed by atoms with E-state index in [0.717, 1.165) is 6.54 Å². The molecule has 4 heteroatoms. The first kappa shape index (κ1) is 31.1. The molecule has 176 valence electrons. The van der Waals surface area contributed by atoms with Gasteiger partial charge in [-0.25, -0.2) is 0 Å². The van der Waals surface area contributed by atoms with Crippen molar-refractivity contribution < 1.29 is 27.9 Å². The Bertz CT molecular complexity index is 311. The zero-order valence-electron chi connectivity index (χ0n) is 19.4. The van der Waals surface area contributed by atoms with Gasteiger partial charge in [0.2, 0.25) is 6.29 Å². The Morgan fingerprint density at radius 1 is 0.586 bits per heavy atom. The Morgan fingerprint density at radius 2 is 0.966 bits per heavy atom. The zero-order chi connectivity index (χ0) is 20.5. The first-order valence-corrected chi connectivity index (χ1v) is 12.6. The van der Waals surface area contributed by atoms with E-state index < -0.39 is 6.29 Å². The lowest BCUT2D eigenvalue weighted by Gasteiger charge is -2.04. The number of halogens is 1. The predicted octanol–water partition coefficient (Wildman–Crippen LogP) is 2.85. The third-order valence-electron chi connectivity index (χ3n) is 5.55. The minimum Gasteiger partial charge on any atom is -1.00 e. The van der Waals surface area contributed by atoms with Gasteiger partial charge in [-0.2, -0.15) is 0 Å². The van der Waals surface area contributed by atoms with Crippen molar-refractivity contribution in [1.29, 1.82) is 0 Å². The number of quaternary nitrogens is 1. The Kier molecular flexibility index (Phi) is 29.9. The molecular weight excluding hydrogens is 382 g/mol. The van der Waals surface area contributed by atoms with Gasteiger partial charge in [0.05, 0.1) is 6.54 Å². The van der Waals surface area contributed by atoms with Gasteiger partial charge in [0, 0.05) is 0 Å². The van der Waals surface area contributed by atoms with E-state index in [2.05, 4.69) is 19.1 Å². The summed E-state index contributed by atoms with van der Waals surface area (Å²) in [4.78, 5) is 0. The van der Waals surface area contributed by atoms with Crippen molar-refractivity contribution in [3.63, 3.8) is 0 Å². The van der Waals surface area contributed by atoms with Crippen molar-refractivity contribution >= 4 is 0 Å². The van der Waals surface area contributed by atoms with Gasteiger partial charge >= 0.3 is 0 Å². The third-order valence-corrected chi connectivity index (χ3v) is 5.55. The summed E-state index contributed by atoms with van der Waals surface area (Å²) in [6, 6.07) is 0. The predicted molar refractivity (Wildman–Crippen MR) is 122 cm³/mol. The van der Waals surface area contributed by atoms with Crippen LogP contribution in [-0.2, 0) is 0 Å². The third kappa shape index (κ3) is 30.2. The molecule has 0 aliphatic heterocycles. The molecule has 0 saturated heterocycles. The second kappa shape index (κ2) is 27.9. The van der Waals surface area contributed by atoms with Crippen LogP contribution in [0.1, 0.15) is 129 Å². The Balaban J connectivity index is 0. The van der Waals surface area contributed by atoms with Gasteiger partial charge in [-0.3, -0.25) is 0 Å². The molecule has 0 bridgehead atoms. The van der Waals surface area contributed by atoms with E-state index >= 15 is 0 Å². The molecule has 0 unspecified atom stereocenters. The summed E-state index contributed by atoms with van der Waals surface area (Å²) < 4.78 is 0. The van der Waals surface area contributed by atoms with Crippen LogP contribution in [0.15, 0.2) is 12.2 Å². The van der Waals surface area contributed by atoms with E-state index in [1.54, 1.807) is 0 Å². The highest BCUT2D eigenvalue weighted by Crippen LogP contribution is 2.12. The maximum atomic E-state index is 8.75. The lowest BCUT2D eigenvalue weighted by atomic mass is 10.0. The smallest absolute Gasteiger partial charge is 0.202 e. The maximum absolute atomic E-state index is 8.75. The van der Waals surface area contributed by atoms with Gasteiger partial charge in [0.25, 0.3) is 0 Å². The molecule has 3 nitrogen and oxygen atoms in total. The van der Waals surface area contributed by atoms with Crippen LogP contribution in [0.5, 0.6) is 0 Å². The first-order valence-electron chi connectivity index (χ1n) is 12.6. The average molecular weight is 434 g/mol. The SMILES string of the molecule is CCCCCCCC/C=C\CCCCCCCCCCCCC[NH2+]CC(O)O.[Cl-]. The zero-order valence-corrected chi connectivity index (χ0v) is 20.2. The molecule has 0 aliphatic carbocycles. The van der Waals surface area contributed by atoms with Gasteiger partial charge in [-0.05, 0) is 38.5 Å². The topological polar surface area (TPSA) is 57.1 Å². The van der Waals surface area contributed by atoms with Crippen LogP contribution < -0.4 is 17.7 Å². The van der Waals surface area contributed by atoms with E-state index in [0.29, 0.717) is 6.54 Å². The summed E-state index contributed by atoms with van der Waals surface area (Å²) in [6.07, 6.45) is 29.6. The average Bonchev–Trinajstić information content (AvgIpc) is 2.68. The van der Waals surface area contributed by atoms with Crippen molar-refractivity contribution in [3.05, 3.63) is 12.2 Å². The highest BCUT2D eigenvalue weighted by atomic mass is 35.5. The number of allylic oxidation sites excluding steroid dienone is 2. The molecule has 0 aliphatic rings. The van der Waals surface area contributed by atoms with Gasteiger partial charge in [-0.1, -0.05) is 103 Å². The van der Waals surface area contributed by atoms with Crippen molar-refractivity contribution in [2.24, 2.45) is 0 Å². The van der Waals surface area contributed by atoms with Crippen LogP contribution in [0.4, 0.5) is 0 Å². The molecule has 0 saturated carbocycles. The van der Waals surface area contributed by atoms with E-state index in [9.17, 15) is 0 Å².